The second kappa shape index (κ2) is 4.94. The van der Waals surface area contributed by atoms with Crippen molar-refractivity contribution in [1.82, 2.24) is 4.98 Å². The molecular weight excluding hydrogens is 224 g/mol. The topological polar surface area (TPSA) is 25.4 Å². The lowest BCUT2D eigenvalue weighted by molar-refractivity contribution is 0.0854. The highest BCUT2D eigenvalue weighted by atomic mass is 16.5. The molecule has 3 rings (SSSR count). The number of benzene rings is 1. The summed E-state index contributed by atoms with van der Waals surface area (Å²) < 4.78 is 5.41. The molecule has 0 bridgehead atoms. The molecular formula is C15H18N2O. The molecule has 1 aromatic carbocycles. The van der Waals surface area contributed by atoms with Crippen LogP contribution in [0.5, 0.6) is 0 Å². The highest BCUT2D eigenvalue weighted by molar-refractivity contribution is 5.80. The molecule has 3 heteroatoms. The predicted octanol–water partition coefficient (Wildman–Crippen LogP) is 2.85. The van der Waals surface area contributed by atoms with Gasteiger partial charge in [-0.25, -0.2) is 4.98 Å². The third kappa shape index (κ3) is 2.18. The maximum absolute atomic E-state index is 5.41. The van der Waals surface area contributed by atoms with Crippen LogP contribution in [0, 0.1) is 0 Å². The summed E-state index contributed by atoms with van der Waals surface area (Å²) in [6, 6.07) is 13.1. The maximum atomic E-state index is 5.41. The Morgan fingerprint density at radius 1 is 1.11 bits per heavy atom. The molecule has 0 radical (unpaired) electrons. The molecule has 2 aromatic rings. The van der Waals surface area contributed by atoms with Gasteiger partial charge in [0.25, 0.3) is 0 Å². The average molecular weight is 242 g/mol. The number of pyridine rings is 1. The Kier molecular flexibility index (Phi) is 3.15. The zero-order chi connectivity index (χ0) is 12.4. The SMILES string of the molecule is CN(c1ccc2ccccc2n1)C1CCOCC1. The third-order valence-electron chi connectivity index (χ3n) is 3.68. The molecule has 1 fully saturated rings. The van der Waals surface area contributed by atoms with E-state index in [2.05, 4.69) is 36.2 Å². The number of aromatic nitrogens is 1. The largest absolute Gasteiger partial charge is 0.381 e. The van der Waals surface area contributed by atoms with Crippen molar-refractivity contribution in [1.29, 1.82) is 0 Å². The Bertz CT molecular complexity index is 535. The molecule has 1 aliphatic rings. The molecule has 1 saturated heterocycles. The molecule has 1 aromatic heterocycles. The van der Waals surface area contributed by atoms with Crippen molar-refractivity contribution in [3.8, 4) is 0 Å². The zero-order valence-corrected chi connectivity index (χ0v) is 10.7. The summed E-state index contributed by atoms with van der Waals surface area (Å²) in [4.78, 5) is 7.02. The van der Waals surface area contributed by atoms with Crippen LogP contribution in [0.2, 0.25) is 0 Å². The fourth-order valence-corrected chi connectivity index (χ4v) is 2.51. The van der Waals surface area contributed by atoms with Gasteiger partial charge in [-0.1, -0.05) is 18.2 Å². The van der Waals surface area contributed by atoms with Crippen LogP contribution < -0.4 is 4.90 Å². The first-order chi connectivity index (χ1) is 8.84. The van der Waals surface area contributed by atoms with E-state index in [0.717, 1.165) is 37.4 Å². The van der Waals surface area contributed by atoms with Crippen LogP contribution in [0.3, 0.4) is 0 Å². The monoisotopic (exact) mass is 242 g/mol. The fraction of sp³-hybridized carbons (Fsp3) is 0.400. The molecule has 0 spiro atoms. The number of hydrogen-bond donors (Lipinski definition) is 0. The number of fused-ring (bicyclic) bond motifs is 1. The van der Waals surface area contributed by atoms with Gasteiger partial charge in [0.15, 0.2) is 0 Å². The number of para-hydroxylation sites is 1. The van der Waals surface area contributed by atoms with E-state index in [1.54, 1.807) is 0 Å². The Morgan fingerprint density at radius 2 is 1.89 bits per heavy atom. The van der Waals surface area contributed by atoms with Gasteiger partial charge in [0, 0.05) is 31.7 Å². The normalized spacial score (nSPS) is 16.9. The molecule has 94 valence electrons. The molecule has 3 nitrogen and oxygen atoms in total. The minimum atomic E-state index is 0.549. The average Bonchev–Trinajstić information content (AvgIpc) is 2.47. The summed E-state index contributed by atoms with van der Waals surface area (Å²) in [7, 11) is 2.13. The predicted molar refractivity (Wildman–Crippen MR) is 74.0 cm³/mol. The first-order valence-corrected chi connectivity index (χ1v) is 6.51. The zero-order valence-electron chi connectivity index (χ0n) is 10.7. The van der Waals surface area contributed by atoms with E-state index in [1.165, 1.54) is 5.39 Å². The van der Waals surface area contributed by atoms with Crippen LogP contribution in [-0.4, -0.2) is 31.3 Å². The van der Waals surface area contributed by atoms with E-state index in [-0.39, 0.29) is 0 Å². The van der Waals surface area contributed by atoms with Crippen molar-refractivity contribution >= 4 is 16.7 Å². The molecule has 0 unspecified atom stereocenters. The molecule has 0 aliphatic carbocycles. The Hall–Kier alpha value is -1.61. The number of hydrogen-bond acceptors (Lipinski definition) is 3. The van der Waals surface area contributed by atoms with Crippen LogP contribution in [0.1, 0.15) is 12.8 Å². The summed E-state index contributed by atoms with van der Waals surface area (Å²) >= 11 is 0. The number of anilines is 1. The van der Waals surface area contributed by atoms with Gasteiger partial charge in [0.05, 0.1) is 5.52 Å². The summed E-state index contributed by atoms with van der Waals surface area (Å²) in [6.07, 6.45) is 2.18. The second-order valence-electron chi connectivity index (χ2n) is 4.82. The lowest BCUT2D eigenvalue weighted by Gasteiger charge is -2.32. The quantitative estimate of drug-likeness (QED) is 0.809. The van der Waals surface area contributed by atoms with Gasteiger partial charge in [-0.2, -0.15) is 0 Å². The summed E-state index contributed by atoms with van der Waals surface area (Å²) in [5, 5.41) is 1.20. The first kappa shape index (κ1) is 11.5. The van der Waals surface area contributed by atoms with E-state index in [4.69, 9.17) is 9.72 Å². The van der Waals surface area contributed by atoms with Crippen LogP contribution in [0.4, 0.5) is 5.82 Å². The van der Waals surface area contributed by atoms with E-state index in [1.807, 2.05) is 12.1 Å². The minimum absolute atomic E-state index is 0.549. The molecule has 0 N–H and O–H groups in total. The molecule has 18 heavy (non-hydrogen) atoms. The van der Waals surface area contributed by atoms with Crippen LogP contribution >= 0.6 is 0 Å². The van der Waals surface area contributed by atoms with Gasteiger partial charge in [0.2, 0.25) is 0 Å². The lowest BCUT2D eigenvalue weighted by atomic mass is 10.1. The standard InChI is InChI=1S/C15H18N2O/c1-17(13-8-10-18-11-9-13)15-7-6-12-4-2-3-5-14(12)16-15/h2-7,13H,8-11H2,1H3. The van der Waals surface area contributed by atoms with Crippen molar-refractivity contribution in [2.75, 3.05) is 25.2 Å². The van der Waals surface area contributed by atoms with Gasteiger partial charge in [-0.05, 0) is 31.0 Å². The van der Waals surface area contributed by atoms with Crippen LogP contribution in [0.25, 0.3) is 10.9 Å². The van der Waals surface area contributed by atoms with Crippen molar-refractivity contribution < 1.29 is 4.74 Å². The lowest BCUT2D eigenvalue weighted by Crippen LogP contribution is -2.37. The summed E-state index contributed by atoms with van der Waals surface area (Å²) in [5.74, 6) is 1.06. The van der Waals surface area contributed by atoms with E-state index in [0.29, 0.717) is 6.04 Å². The highest BCUT2D eigenvalue weighted by Crippen LogP contribution is 2.22. The number of ether oxygens (including phenoxy) is 1. The van der Waals surface area contributed by atoms with Crippen molar-refractivity contribution in [3.63, 3.8) is 0 Å². The van der Waals surface area contributed by atoms with Crippen LogP contribution in [-0.2, 0) is 4.74 Å². The van der Waals surface area contributed by atoms with Gasteiger partial charge in [-0.3, -0.25) is 0 Å². The molecule has 0 atom stereocenters. The van der Waals surface area contributed by atoms with E-state index < -0.39 is 0 Å². The summed E-state index contributed by atoms with van der Waals surface area (Å²) in [5.41, 5.74) is 1.06. The first-order valence-electron chi connectivity index (χ1n) is 6.51. The highest BCUT2D eigenvalue weighted by Gasteiger charge is 2.19. The maximum Gasteiger partial charge on any atom is 0.129 e. The number of nitrogens with zero attached hydrogens (tertiary/aromatic N) is 2. The fourth-order valence-electron chi connectivity index (χ4n) is 2.51. The van der Waals surface area contributed by atoms with Crippen LogP contribution in [0.15, 0.2) is 36.4 Å². The van der Waals surface area contributed by atoms with Gasteiger partial charge in [0.1, 0.15) is 5.82 Å². The smallest absolute Gasteiger partial charge is 0.129 e. The van der Waals surface area contributed by atoms with Gasteiger partial charge in [-0.15, -0.1) is 0 Å². The molecule has 1 aliphatic heterocycles. The number of rotatable bonds is 2. The Morgan fingerprint density at radius 3 is 2.72 bits per heavy atom. The second-order valence-corrected chi connectivity index (χ2v) is 4.82. The van der Waals surface area contributed by atoms with E-state index >= 15 is 0 Å². The third-order valence-corrected chi connectivity index (χ3v) is 3.68. The van der Waals surface area contributed by atoms with Crippen molar-refractivity contribution in [3.05, 3.63) is 36.4 Å². The minimum Gasteiger partial charge on any atom is -0.381 e. The van der Waals surface area contributed by atoms with Gasteiger partial charge < -0.3 is 9.64 Å². The molecule has 0 saturated carbocycles. The molecule has 2 heterocycles. The molecule has 0 amide bonds. The summed E-state index contributed by atoms with van der Waals surface area (Å²) in [6.45, 7) is 1.73. The van der Waals surface area contributed by atoms with E-state index in [9.17, 15) is 0 Å². The van der Waals surface area contributed by atoms with Crippen molar-refractivity contribution in [2.45, 2.75) is 18.9 Å². The Balaban J connectivity index is 1.88. The Labute approximate surface area is 107 Å². The van der Waals surface area contributed by atoms with Gasteiger partial charge >= 0.3 is 0 Å². The van der Waals surface area contributed by atoms with Crippen molar-refractivity contribution in [2.24, 2.45) is 0 Å².